The molecule has 0 saturated carbocycles. The molecule has 1 N–H and O–H groups in total. The maximum Gasteiger partial charge on any atom is 0.328 e. The van der Waals surface area contributed by atoms with Gasteiger partial charge in [-0.2, -0.15) is 5.26 Å². The molecule has 8 heteroatoms. The Morgan fingerprint density at radius 2 is 2.07 bits per heavy atom. The smallest absolute Gasteiger partial charge is 0.328 e. The second-order valence-electron chi connectivity index (χ2n) is 6.71. The molecule has 2 rings (SSSR count). The Hall–Kier alpha value is -2.40. The van der Waals surface area contributed by atoms with Crippen molar-refractivity contribution in [2.45, 2.75) is 38.8 Å². The number of hydrogen-bond acceptors (Lipinski definition) is 5. The Morgan fingerprint density at radius 1 is 1.37 bits per heavy atom. The predicted octanol–water partition coefficient (Wildman–Crippen LogP) is 2.24. The zero-order valence-corrected chi connectivity index (χ0v) is 17.1. The van der Waals surface area contributed by atoms with Gasteiger partial charge in [-0.1, -0.05) is 13.8 Å². The van der Waals surface area contributed by atoms with Gasteiger partial charge in [0, 0.05) is 16.6 Å². The topological polar surface area (TPSA) is 99.5 Å². The van der Waals surface area contributed by atoms with Crippen LogP contribution in [0, 0.1) is 17.2 Å². The van der Waals surface area contributed by atoms with E-state index in [2.05, 4.69) is 21.2 Å². The number of nitrogens with one attached hydrogen (secondary N) is 1. The number of carbonyl (C=O) groups excluding carboxylic acids is 3. The Morgan fingerprint density at radius 3 is 2.67 bits per heavy atom. The second kappa shape index (κ2) is 9.00. The third kappa shape index (κ3) is 4.66. The molecule has 1 heterocycles. The van der Waals surface area contributed by atoms with Crippen LogP contribution in [-0.4, -0.2) is 48.4 Å². The van der Waals surface area contributed by atoms with Crippen molar-refractivity contribution >= 4 is 33.7 Å². The van der Waals surface area contributed by atoms with Gasteiger partial charge in [0.15, 0.2) is 0 Å². The number of ether oxygens (including phenoxy) is 1. The first-order valence-corrected chi connectivity index (χ1v) is 9.48. The molecule has 0 aliphatic carbocycles. The monoisotopic (exact) mass is 435 g/mol. The highest BCUT2D eigenvalue weighted by Gasteiger charge is 2.39. The Balaban J connectivity index is 2.20. The van der Waals surface area contributed by atoms with Crippen LogP contribution in [-0.2, 0) is 14.3 Å². The van der Waals surface area contributed by atoms with E-state index in [0.29, 0.717) is 35.0 Å². The predicted molar refractivity (Wildman–Crippen MR) is 102 cm³/mol. The highest BCUT2D eigenvalue weighted by atomic mass is 79.9. The zero-order chi connectivity index (χ0) is 20.1. The molecule has 1 aliphatic heterocycles. The lowest BCUT2D eigenvalue weighted by molar-refractivity contribution is -0.151. The van der Waals surface area contributed by atoms with E-state index in [1.807, 2.05) is 19.9 Å². The summed E-state index contributed by atoms with van der Waals surface area (Å²) in [7, 11) is 1.30. The van der Waals surface area contributed by atoms with E-state index in [0.717, 1.165) is 0 Å². The van der Waals surface area contributed by atoms with Crippen molar-refractivity contribution in [1.29, 1.82) is 5.26 Å². The van der Waals surface area contributed by atoms with Crippen molar-refractivity contribution in [3.63, 3.8) is 0 Å². The zero-order valence-electron chi connectivity index (χ0n) is 15.5. The fraction of sp³-hybridized carbons (Fsp3) is 0.474. The Bertz CT molecular complexity index is 788. The Labute approximate surface area is 166 Å². The average molecular weight is 436 g/mol. The molecule has 144 valence electrons. The normalized spacial score (nSPS) is 17.3. The molecule has 0 radical (unpaired) electrons. The summed E-state index contributed by atoms with van der Waals surface area (Å²) in [6.07, 6.45) is 1.26. The third-order valence-corrected chi connectivity index (χ3v) is 5.27. The van der Waals surface area contributed by atoms with Gasteiger partial charge in [-0.25, -0.2) is 4.79 Å². The molecule has 0 aromatic heterocycles. The number of carbonyl (C=O) groups is 3. The molecule has 2 amide bonds. The number of likely N-dealkylation sites (tertiary alicyclic amines) is 1. The standard InChI is InChI=1S/C19H22BrN3O4/c1-11(2)16(18(25)23-8-4-5-15(23)19(26)27-3)22-17(24)12-6-7-14(20)13(9-12)10-21/h6-7,9,11,15-16H,4-5,8H2,1-3H3,(H,22,24)/t15-,16?/m0/s1. The maximum atomic E-state index is 13.0. The first-order valence-electron chi connectivity index (χ1n) is 8.69. The number of hydrogen-bond donors (Lipinski definition) is 1. The maximum absolute atomic E-state index is 13.0. The van der Waals surface area contributed by atoms with Crippen molar-refractivity contribution in [2.75, 3.05) is 13.7 Å². The number of nitriles is 1. The van der Waals surface area contributed by atoms with Gasteiger partial charge >= 0.3 is 5.97 Å². The van der Waals surface area contributed by atoms with Crippen molar-refractivity contribution in [3.8, 4) is 6.07 Å². The van der Waals surface area contributed by atoms with E-state index in [-0.39, 0.29) is 11.8 Å². The van der Waals surface area contributed by atoms with Gasteiger partial charge in [-0.15, -0.1) is 0 Å². The fourth-order valence-electron chi connectivity index (χ4n) is 3.08. The van der Waals surface area contributed by atoms with E-state index in [1.54, 1.807) is 12.1 Å². The quantitative estimate of drug-likeness (QED) is 0.714. The first-order chi connectivity index (χ1) is 12.8. The Kier molecular flexibility index (Phi) is 6.97. The minimum atomic E-state index is -0.781. The van der Waals surface area contributed by atoms with Crippen molar-refractivity contribution in [1.82, 2.24) is 10.2 Å². The van der Waals surface area contributed by atoms with Crippen LogP contribution in [0.4, 0.5) is 0 Å². The molecule has 1 saturated heterocycles. The van der Waals surface area contributed by atoms with E-state index in [9.17, 15) is 14.4 Å². The molecular formula is C19H22BrN3O4. The molecule has 27 heavy (non-hydrogen) atoms. The number of nitrogens with zero attached hydrogens (tertiary/aromatic N) is 2. The van der Waals surface area contributed by atoms with Gasteiger partial charge in [-0.3, -0.25) is 9.59 Å². The average Bonchev–Trinajstić information content (AvgIpc) is 3.14. The number of methoxy groups -OCH3 is 1. The van der Waals surface area contributed by atoms with Gasteiger partial charge in [0.2, 0.25) is 5.91 Å². The van der Waals surface area contributed by atoms with Gasteiger partial charge < -0.3 is 15.0 Å². The molecule has 1 aliphatic rings. The molecule has 1 unspecified atom stereocenters. The van der Waals surface area contributed by atoms with Crippen molar-refractivity contribution in [3.05, 3.63) is 33.8 Å². The minimum Gasteiger partial charge on any atom is -0.467 e. The number of esters is 1. The van der Waals surface area contributed by atoms with Gasteiger partial charge in [-0.05, 0) is 52.9 Å². The summed E-state index contributed by atoms with van der Waals surface area (Å²) in [6, 6.07) is 5.28. The molecule has 1 fully saturated rings. The van der Waals surface area contributed by atoms with Crippen LogP contribution in [0.25, 0.3) is 0 Å². The van der Waals surface area contributed by atoms with Crippen LogP contribution in [0.15, 0.2) is 22.7 Å². The molecule has 2 atom stereocenters. The van der Waals surface area contributed by atoms with E-state index >= 15 is 0 Å². The summed E-state index contributed by atoms with van der Waals surface area (Å²) >= 11 is 3.25. The molecule has 7 nitrogen and oxygen atoms in total. The van der Waals surface area contributed by atoms with Crippen molar-refractivity contribution < 1.29 is 19.1 Å². The highest BCUT2D eigenvalue weighted by Crippen LogP contribution is 2.22. The van der Waals surface area contributed by atoms with Crippen molar-refractivity contribution in [2.24, 2.45) is 5.92 Å². The molecule has 1 aromatic carbocycles. The van der Waals surface area contributed by atoms with Crippen LogP contribution >= 0.6 is 15.9 Å². The van der Waals surface area contributed by atoms with Crippen LogP contribution in [0.1, 0.15) is 42.6 Å². The second-order valence-corrected chi connectivity index (χ2v) is 7.57. The lowest BCUT2D eigenvalue weighted by Crippen LogP contribution is -2.53. The summed E-state index contributed by atoms with van der Waals surface area (Å²) in [5.74, 6) is -1.36. The summed E-state index contributed by atoms with van der Waals surface area (Å²) in [5, 5.41) is 11.9. The van der Waals surface area contributed by atoms with Crippen LogP contribution in [0.2, 0.25) is 0 Å². The number of rotatable bonds is 5. The van der Waals surface area contributed by atoms with E-state index in [1.165, 1.54) is 18.1 Å². The van der Waals surface area contributed by atoms with Crippen LogP contribution in [0.5, 0.6) is 0 Å². The highest BCUT2D eigenvalue weighted by molar-refractivity contribution is 9.10. The van der Waals surface area contributed by atoms with Crippen LogP contribution in [0.3, 0.4) is 0 Å². The van der Waals surface area contributed by atoms with Gasteiger partial charge in [0.25, 0.3) is 5.91 Å². The largest absolute Gasteiger partial charge is 0.467 e. The van der Waals surface area contributed by atoms with Gasteiger partial charge in [0.05, 0.1) is 12.7 Å². The number of benzene rings is 1. The molecule has 1 aromatic rings. The first kappa shape index (κ1) is 20.9. The lowest BCUT2D eigenvalue weighted by atomic mass is 10.0. The summed E-state index contributed by atoms with van der Waals surface area (Å²) < 4.78 is 5.38. The molecular weight excluding hydrogens is 414 g/mol. The minimum absolute atomic E-state index is 0.175. The van der Waals surface area contributed by atoms with Crippen LogP contribution < -0.4 is 5.32 Å². The summed E-state index contributed by atoms with van der Waals surface area (Å²) in [6.45, 7) is 4.11. The van der Waals surface area contributed by atoms with E-state index in [4.69, 9.17) is 10.00 Å². The van der Waals surface area contributed by atoms with E-state index < -0.39 is 24.0 Å². The number of amides is 2. The van der Waals surface area contributed by atoms with Gasteiger partial charge in [0.1, 0.15) is 18.2 Å². The lowest BCUT2D eigenvalue weighted by Gasteiger charge is -2.30. The molecule has 0 spiro atoms. The number of halogens is 1. The molecule has 0 bridgehead atoms. The summed E-state index contributed by atoms with van der Waals surface area (Å²) in [5.41, 5.74) is 0.625. The third-order valence-electron chi connectivity index (χ3n) is 4.58. The fourth-order valence-corrected chi connectivity index (χ4v) is 3.42. The SMILES string of the molecule is COC(=O)[C@@H]1CCCN1C(=O)C(NC(=O)c1ccc(Br)c(C#N)c1)C(C)C. The summed E-state index contributed by atoms with van der Waals surface area (Å²) in [4.78, 5) is 39.1.